The summed E-state index contributed by atoms with van der Waals surface area (Å²) in [4.78, 5) is 33.5. The molecule has 0 unspecified atom stereocenters. The highest BCUT2D eigenvalue weighted by Gasteiger charge is 2.21. The number of Topliss-reactive ketones (excluding diaryl/α,β-unsaturated/α-hetero) is 1. The summed E-state index contributed by atoms with van der Waals surface area (Å²) in [6.07, 6.45) is 4.39. The summed E-state index contributed by atoms with van der Waals surface area (Å²) in [6, 6.07) is 9.55. The minimum atomic E-state index is -4.22. The number of benzene rings is 2. The molecule has 40 heavy (non-hydrogen) atoms. The highest BCUT2D eigenvalue weighted by molar-refractivity contribution is 7.92. The van der Waals surface area contributed by atoms with E-state index in [1.54, 1.807) is 18.2 Å². The van der Waals surface area contributed by atoms with Gasteiger partial charge in [0.1, 0.15) is 22.2 Å². The zero-order chi connectivity index (χ0) is 29.0. The molecule has 2 aromatic heterocycles. The number of rotatable bonds is 11. The molecule has 2 heterocycles. The third kappa shape index (κ3) is 6.65. The molecule has 0 aliphatic rings. The molecular formula is C28H28ClFN4O5S. The van der Waals surface area contributed by atoms with Crippen molar-refractivity contribution in [3.8, 4) is 17.0 Å². The zero-order valence-electron chi connectivity index (χ0n) is 22.1. The molecule has 0 aliphatic heterocycles. The standard InChI is InChI=1S/C28H28ClFN4O5S/c1-17(2)11-21(35)5-4-10-34-16-32-24-8-6-18(12-22(24)28(34)36)19-13-25(27(39-3)31-15-19)33-40(37,38)26-9-7-20(30)14-23(26)29/h6-9,12-17,33H,4-5,10-11H2,1-3H3. The number of anilines is 1. The summed E-state index contributed by atoms with van der Waals surface area (Å²) in [7, 11) is -2.88. The predicted octanol–water partition coefficient (Wildman–Crippen LogP) is 5.46. The van der Waals surface area contributed by atoms with Crippen molar-refractivity contribution in [1.82, 2.24) is 14.5 Å². The lowest BCUT2D eigenvalue weighted by Gasteiger charge is -2.14. The van der Waals surface area contributed by atoms with Crippen LogP contribution in [0.2, 0.25) is 5.02 Å². The first-order valence-corrected chi connectivity index (χ1v) is 14.4. The molecule has 12 heteroatoms. The number of sulfonamides is 1. The fourth-order valence-corrected chi connectivity index (χ4v) is 5.82. The smallest absolute Gasteiger partial charge is 0.263 e. The van der Waals surface area contributed by atoms with Crippen LogP contribution < -0.4 is 15.0 Å². The molecule has 0 aliphatic carbocycles. The summed E-state index contributed by atoms with van der Waals surface area (Å²) in [6.45, 7) is 4.34. The molecule has 0 saturated heterocycles. The highest BCUT2D eigenvalue weighted by atomic mass is 35.5. The Hall–Kier alpha value is -3.83. The van der Waals surface area contributed by atoms with Gasteiger partial charge in [0.15, 0.2) is 0 Å². The molecule has 0 fully saturated rings. The second-order valence-corrected chi connectivity index (χ2v) is 11.7. The van der Waals surface area contributed by atoms with Gasteiger partial charge in [-0.2, -0.15) is 0 Å². The van der Waals surface area contributed by atoms with Crippen molar-refractivity contribution in [2.24, 2.45) is 5.92 Å². The molecule has 0 bridgehead atoms. The maximum absolute atomic E-state index is 13.4. The van der Waals surface area contributed by atoms with Crippen molar-refractivity contribution in [2.75, 3.05) is 11.8 Å². The van der Waals surface area contributed by atoms with Gasteiger partial charge in [-0.1, -0.05) is 31.5 Å². The van der Waals surface area contributed by atoms with Crippen LogP contribution in [0, 0.1) is 11.7 Å². The Labute approximate surface area is 236 Å². The Morgan fingerprint density at radius 3 is 2.60 bits per heavy atom. The molecule has 0 atom stereocenters. The monoisotopic (exact) mass is 586 g/mol. The van der Waals surface area contributed by atoms with E-state index in [1.807, 2.05) is 13.8 Å². The van der Waals surface area contributed by atoms with Gasteiger partial charge < -0.3 is 4.74 Å². The normalized spacial score (nSPS) is 11.7. The van der Waals surface area contributed by atoms with E-state index < -0.39 is 15.8 Å². The van der Waals surface area contributed by atoms with Crippen LogP contribution in [0.25, 0.3) is 22.0 Å². The van der Waals surface area contributed by atoms with Crippen molar-refractivity contribution in [3.63, 3.8) is 0 Å². The molecule has 9 nitrogen and oxygen atoms in total. The quantitative estimate of drug-likeness (QED) is 0.248. The Morgan fingerprint density at radius 1 is 1.12 bits per heavy atom. The van der Waals surface area contributed by atoms with E-state index in [9.17, 15) is 22.4 Å². The molecule has 0 saturated carbocycles. The van der Waals surface area contributed by atoms with E-state index >= 15 is 0 Å². The molecule has 0 radical (unpaired) electrons. The third-order valence-corrected chi connectivity index (χ3v) is 7.97. The molecule has 0 amide bonds. The first-order chi connectivity index (χ1) is 19.0. The lowest BCUT2D eigenvalue weighted by molar-refractivity contribution is -0.119. The second kappa shape index (κ2) is 12.1. The van der Waals surface area contributed by atoms with Crippen molar-refractivity contribution >= 4 is 44.0 Å². The average molecular weight is 587 g/mol. The Kier molecular flexibility index (Phi) is 8.85. The molecule has 2 aromatic carbocycles. The van der Waals surface area contributed by atoms with Gasteiger partial charge in [-0.3, -0.25) is 18.9 Å². The summed E-state index contributed by atoms with van der Waals surface area (Å²) in [5.41, 5.74) is 1.35. The fourth-order valence-electron chi connectivity index (χ4n) is 4.24. The summed E-state index contributed by atoms with van der Waals surface area (Å²) in [5.74, 6) is -0.212. The van der Waals surface area contributed by atoms with Crippen molar-refractivity contribution in [1.29, 1.82) is 0 Å². The molecule has 4 aromatic rings. The fraction of sp³-hybridized carbons (Fsp3) is 0.286. The van der Waals surface area contributed by atoms with Gasteiger partial charge in [0, 0.05) is 31.1 Å². The van der Waals surface area contributed by atoms with Crippen LogP contribution in [0.5, 0.6) is 5.88 Å². The van der Waals surface area contributed by atoms with Gasteiger partial charge in [0.25, 0.3) is 15.6 Å². The van der Waals surface area contributed by atoms with Gasteiger partial charge in [-0.15, -0.1) is 0 Å². The number of nitrogens with one attached hydrogen (secondary N) is 1. The number of ketones is 1. The summed E-state index contributed by atoms with van der Waals surface area (Å²) >= 11 is 5.97. The van der Waals surface area contributed by atoms with E-state index in [4.69, 9.17) is 16.3 Å². The number of nitrogens with zero attached hydrogens (tertiary/aromatic N) is 3. The number of aromatic nitrogens is 3. The topological polar surface area (TPSA) is 120 Å². The number of ether oxygens (including phenoxy) is 1. The molecule has 4 rings (SSSR count). The molecule has 1 N–H and O–H groups in total. The SMILES string of the molecule is COc1ncc(-c2ccc3ncn(CCCC(=O)CC(C)C)c(=O)c3c2)cc1NS(=O)(=O)c1ccc(F)cc1Cl. The van der Waals surface area contributed by atoms with E-state index in [-0.39, 0.29) is 32.8 Å². The number of halogens is 2. The molecular weight excluding hydrogens is 559 g/mol. The third-order valence-electron chi connectivity index (χ3n) is 6.12. The predicted molar refractivity (Wildman–Crippen MR) is 152 cm³/mol. The lowest BCUT2D eigenvalue weighted by atomic mass is 10.0. The highest BCUT2D eigenvalue weighted by Crippen LogP contribution is 2.32. The van der Waals surface area contributed by atoms with Crippen LogP contribution in [-0.4, -0.2) is 35.8 Å². The van der Waals surface area contributed by atoms with Crippen LogP contribution >= 0.6 is 11.6 Å². The minimum absolute atomic E-state index is 0.00221. The number of pyridine rings is 1. The van der Waals surface area contributed by atoms with Crippen LogP contribution in [0.15, 0.2) is 64.7 Å². The number of carbonyl (C=O) groups is 1. The number of hydrogen-bond acceptors (Lipinski definition) is 7. The minimum Gasteiger partial charge on any atom is -0.480 e. The Bertz CT molecular complexity index is 1740. The number of aryl methyl sites for hydroxylation is 1. The summed E-state index contributed by atoms with van der Waals surface area (Å²) in [5, 5.41) is 0.0859. The van der Waals surface area contributed by atoms with Gasteiger partial charge in [0.05, 0.1) is 29.4 Å². The first-order valence-electron chi connectivity index (χ1n) is 12.5. The molecule has 210 valence electrons. The van der Waals surface area contributed by atoms with Crippen molar-refractivity contribution in [2.45, 2.75) is 44.6 Å². The Balaban J connectivity index is 1.64. The van der Waals surface area contributed by atoms with Crippen LogP contribution in [0.3, 0.4) is 0 Å². The van der Waals surface area contributed by atoms with E-state index in [0.29, 0.717) is 53.8 Å². The summed E-state index contributed by atoms with van der Waals surface area (Å²) < 4.78 is 48.6. The number of fused-ring (bicyclic) bond motifs is 1. The Morgan fingerprint density at radius 2 is 1.90 bits per heavy atom. The van der Waals surface area contributed by atoms with Crippen molar-refractivity contribution in [3.05, 3.63) is 76.2 Å². The van der Waals surface area contributed by atoms with Gasteiger partial charge in [-0.05, 0) is 54.3 Å². The van der Waals surface area contributed by atoms with Crippen LogP contribution in [0.1, 0.15) is 33.1 Å². The number of carbonyl (C=O) groups excluding carboxylic acids is 1. The second-order valence-electron chi connectivity index (χ2n) is 9.68. The van der Waals surface area contributed by atoms with Gasteiger partial charge in [0.2, 0.25) is 5.88 Å². The van der Waals surface area contributed by atoms with Crippen molar-refractivity contribution < 1.29 is 22.3 Å². The van der Waals surface area contributed by atoms with Crippen LogP contribution in [0.4, 0.5) is 10.1 Å². The van der Waals surface area contributed by atoms with E-state index in [2.05, 4.69) is 14.7 Å². The number of hydrogen-bond donors (Lipinski definition) is 1. The molecule has 0 spiro atoms. The maximum atomic E-state index is 13.4. The first kappa shape index (κ1) is 29.2. The van der Waals surface area contributed by atoms with Gasteiger partial charge >= 0.3 is 0 Å². The van der Waals surface area contributed by atoms with Crippen LogP contribution in [-0.2, 0) is 21.4 Å². The van der Waals surface area contributed by atoms with E-state index in [0.717, 1.165) is 18.2 Å². The lowest BCUT2D eigenvalue weighted by Crippen LogP contribution is -2.21. The van der Waals surface area contributed by atoms with Gasteiger partial charge in [-0.25, -0.2) is 22.8 Å². The average Bonchev–Trinajstić information content (AvgIpc) is 2.89. The zero-order valence-corrected chi connectivity index (χ0v) is 23.7. The maximum Gasteiger partial charge on any atom is 0.263 e. The number of methoxy groups -OCH3 is 1. The largest absolute Gasteiger partial charge is 0.480 e. The van der Waals surface area contributed by atoms with E-state index in [1.165, 1.54) is 30.3 Å².